The average molecular weight is 299 g/mol. The predicted molar refractivity (Wildman–Crippen MR) is 87.2 cm³/mol. The molecule has 1 N–H and O–H groups in total. The summed E-state index contributed by atoms with van der Waals surface area (Å²) in [6.45, 7) is 6.07. The van der Waals surface area contributed by atoms with Crippen LogP contribution in [0.5, 0.6) is 0 Å². The second-order valence-electron chi connectivity index (χ2n) is 5.74. The molecule has 0 aliphatic carbocycles. The molecule has 0 aliphatic heterocycles. The molecule has 2 aromatic carbocycles. The molecular formula is C19H22FNO. The van der Waals surface area contributed by atoms with E-state index in [1.54, 1.807) is 18.2 Å². The summed E-state index contributed by atoms with van der Waals surface area (Å²) < 4.78 is 13.5. The van der Waals surface area contributed by atoms with Crippen LogP contribution in [0.25, 0.3) is 0 Å². The smallest absolute Gasteiger partial charge is 0.220 e. The Morgan fingerprint density at radius 2 is 1.91 bits per heavy atom. The van der Waals surface area contributed by atoms with Crippen LogP contribution in [0, 0.1) is 19.7 Å². The van der Waals surface area contributed by atoms with Gasteiger partial charge in [-0.1, -0.05) is 42.0 Å². The van der Waals surface area contributed by atoms with Crippen molar-refractivity contribution in [2.45, 2.75) is 39.7 Å². The number of aryl methyl sites for hydroxylation is 3. The summed E-state index contributed by atoms with van der Waals surface area (Å²) in [6, 6.07) is 12.7. The molecular weight excluding hydrogens is 277 g/mol. The van der Waals surface area contributed by atoms with E-state index in [-0.39, 0.29) is 24.2 Å². The van der Waals surface area contributed by atoms with E-state index in [0.29, 0.717) is 12.0 Å². The fourth-order valence-corrected chi connectivity index (χ4v) is 2.65. The van der Waals surface area contributed by atoms with Crippen molar-refractivity contribution >= 4 is 5.91 Å². The molecule has 0 bridgehead atoms. The molecule has 0 heterocycles. The maximum Gasteiger partial charge on any atom is 0.220 e. The molecule has 0 aromatic heterocycles. The van der Waals surface area contributed by atoms with Crippen molar-refractivity contribution in [3.05, 3.63) is 70.5 Å². The Morgan fingerprint density at radius 1 is 1.18 bits per heavy atom. The zero-order chi connectivity index (χ0) is 16.1. The third-order valence-electron chi connectivity index (χ3n) is 3.85. The van der Waals surface area contributed by atoms with Gasteiger partial charge in [-0.3, -0.25) is 4.79 Å². The van der Waals surface area contributed by atoms with Gasteiger partial charge in [0, 0.05) is 6.42 Å². The summed E-state index contributed by atoms with van der Waals surface area (Å²) in [7, 11) is 0. The van der Waals surface area contributed by atoms with E-state index >= 15 is 0 Å². The number of benzene rings is 2. The standard InChI is InChI=1S/C19H22FNO/c1-13-8-10-17(14(2)12-13)15(3)21-19(22)11-9-16-6-4-5-7-18(16)20/h4-8,10,12,15H,9,11H2,1-3H3,(H,21,22)/t15-/m0/s1. The topological polar surface area (TPSA) is 29.1 Å². The van der Waals surface area contributed by atoms with E-state index in [1.807, 2.05) is 26.0 Å². The fourth-order valence-electron chi connectivity index (χ4n) is 2.65. The molecule has 116 valence electrons. The summed E-state index contributed by atoms with van der Waals surface area (Å²) in [5.74, 6) is -0.312. The van der Waals surface area contributed by atoms with Crippen LogP contribution in [0.15, 0.2) is 42.5 Å². The monoisotopic (exact) mass is 299 g/mol. The van der Waals surface area contributed by atoms with Crippen LogP contribution in [0.2, 0.25) is 0 Å². The Morgan fingerprint density at radius 3 is 2.59 bits per heavy atom. The summed E-state index contributed by atoms with van der Waals surface area (Å²) in [4.78, 5) is 12.1. The zero-order valence-corrected chi connectivity index (χ0v) is 13.3. The van der Waals surface area contributed by atoms with E-state index in [0.717, 1.165) is 5.56 Å². The Bertz CT molecular complexity index is 666. The summed E-state index contributed by atoms with van der Waals surface area (Å²) in [6.07, 6.45) is 0.703. The number of rotatable bonds is 5. The second kappa shape index (κ2) is 7.21. The highest BCUT2D eigenvalue weighted by molar-refractivity contribution is 5.76. The van der Waals surface area contributed by atoms with Crippen molar-refractivity contribution in [3.8, 4) is 0 Å². The van der Waals surface area contributed by atoms with Crippen molar-refractivity contribution < 1.29 is 9.18 Å². The fraction of sp³-hybridized carbons (Fsp3) is 0.316. The maximum absolute atomic E-state index is 13.5. The lowest BCUT2D eigenvalue weighted by molar-refractivity contribution is -0.121. The number of carbonyl (C=O) groups is 1. The van der Waals surface area contributed by atoms with Crippen LogP contribution in [0.4, 0.5) is 4.39 Å². The molecule has 0 unspecified atom stereocenters. The first kappa shape index (κ1) is 16.2. The minimum Gasteiger partial charge on any atom is -0.350 e. The highest BCUT2D eigenvalue weighted by Crippen LogP contribution is 2.19. The van der Waals surface area contributed by atoms with Crippen LogP contribution in [-0.4, -0.2) is 5.91 Å². The van der Waals surface area contributed by atoms with Crippen LogP contribution < -0.4 is 5.32 Å². The predicted octanol–water partition coefficient (Wildman–Crippen LogP) is 4.25. The number of carbonyl (C=O) groups excluding carboxylic acids is 1. The third kappa shape index (κ3) is 4.17. The Labute approximate surface area is 131 Å². The van der Waals surface area contributed by atoms with Gasteiger partial charge in [0.15, 0.2) is 0 Å². The molecule has 0 spiro atoms. The van der Waals surface area contributed by atoms with Gasteiger partial charge in [0.05, 0.1) is 6.04 Å². The molecule has 2 rings (SSSR count). The number of hydrogen-bond donors (Lipinski definition) is 1. The van der Waals surface area contributed by atoms with Crippen LogP contribution in [-0.2, 0) is 11.2 Å². The Balaban J connectivity index is 1.93. The average Bonchev–Trinajstić information content (AvgIpc) is 2.46. The highest BCUT2D eigenvalue weighted by atomic mass is 19.1. The van der Waals surface area contributed by atoms with E-state index in [4.69, 9.17) is 0 Å². The van der Waals surface area contributed by atoms with Crippen molar-refractivity contribution in [3.63, 3.8) is 0 Å². The SMILES string of the molecule is Cc1ccc([C@H](C)NC(=O)CCc2ccccc2F)c(C)c1. The molecule has 3 heteroatoms. The van der Waals surface area contributed by atoms with Gasteiger partial charge in [-0.2, -0.15) is 0 Å². The van der Waals surface area contributed by atoms with Gasteiger partial charge in [0.2, 0.25) is 5.91 Å². The molecule has 0 aliphatic rings. The molecule has 22 heavy (non-hydrogen) atoms. The van der Waals surface area contributed by atoms with Gasteiger partial charge in [-0.15, -0.1) is 0 Å². The van der Waals surface area contributed by atoms with Crippen molar-refractivity contribution in [2.75, 3.05) is 0 Å². The molecule has 0 saturated carbocycles. The van der Waals surface area contributed by atoms with Crippen molar-refractivity contribution in [1.82, 2.24) is 5.32 Å². The van der Waals surface area contributed by atoms with Crippen LogP contribution in [0.1, 0.15) is 41.6 Å². The Kier molecular flexibility index (Phi) is 5.31. The first-order chi connectivity index (χ1) is 10.5. The number of hydrogen-bond acceptors (Lipinski definition) is 1. The van der Waals surface area contributed by atoms with E-state index in [2.05, 4.69) is 18.3 Å². The summed E-state index contributed by atoms with van der Waals surface area (Å²) >= 11 is 0. The Hall–Kier alpha value is -2.16. The number of amides is 1. The summed E-state index contributed by atoms with van der Waals surface area (Å²) in [5.41, 5.74) is 4.07. The first-order valence-corrected chi connectivity index (χ1v) is 7.57. The van der Waals surface area contributed by atoms with Crippen LogP contribution in [0.3, 0.4) is 0 Å². The van der Waals surface area contributed by atoms with Crippen molar-refractivity contribution in [2.24, 2.45) is 0 Å². The van der Waals surface area contributed by atoms with E-state index < -0.39 is 0 Å². The highest BCUT2D eigenvalue weighted by Gasteiger charge is 2.12. The zero-order valence-electron chi connectivity index (χ0n) is 13.3. The number of nitrogens with one attached hydrogen (secondary N) is 1. The lowest BCUT2D eigenvalue weighted by atomic mass is 10.00. The maximum atomic E-state index is 13.5. The first-order valence-electron chi connectivity index (χ1n) is 7.57. The minimum atomic E-state index is -0.252. The third-order valence-corrected chi connectivity index (χ3v) is 3.85. The van der Waals surface area contributed by atoms with E-state index in [1.165, 1.54) is 17.2 Å². The molecule has 0 radical (unpaired) electrons. The lowest BCUT2D eigenvalue weighted by Gasteiger charge is -2.17. The molecule has 2 nitrogen and oxygen atoms in total. The largest absolute Gasteiger partial charge is 0.350 e. The van der Waals surface area contributed by atoms with Crippen LogP contribution >= 0.6 is 0 Å². The molecule has 0 fully saturated rings. The van der Waals surface area contributed by atoms with Gasteiger partial charge in [0.25, 0.3) is 0 Å². The second-order valence-corrected chi connectivity index (χ2v) is 5.74. The molecule has 0 saturated heterocycles. The normalized spacial score (nSPS) is 12.0. The minimum absolute atomic E-state index is 0.0475. The lowest BCUT2D eigenvalue weighted by Crippen LogP contribution is -2.27. The van der Waals surface area contributed by atoms with Gasteiger partial charge in [-0.25, -0.2) is 4.39 Å². The van der Waals surface area contributed by atoms with Gasteiger partial charge in [0.1, 0.15) is 5.82 Å². The molecule has 1 atom stereocenters. The van der Waals surface area contributed by atoms with Gasteiger partial charge >= 0.3 is 0 Å². The van der Waals surface area contributed by atoms with Crippen molar-refractivity contribution in [1.29, 1.82) is 0 Å². The number of halogens is 1. The quantitative estimate of drug-likeness (QED) is 0.878. The van der Waals surface area contributed by atoms with E-state index in [9.17, 15) is 9.18 Å². The van der Waals surface area contributed by atoms with Gasteiger partial charge < -0.3 is 5.32 Å². The molecule has 2 aromatic rings. The van der Waals surface area contributed by atoms with Gasteiger partial charge in [-0.05, 0) is 49.9 Å². The summed E-state index contributed by atoms with van der Waals surface area (Å²) in [5, 5.41) is 2.98. The molecule has 1 amide bonds.